The van der Waals surface area contributed by atoms with Crippen molar-refractivity contribution in [1.82, 2.24) is 10.2 Å². The number of carbonyl (C=O) groups is 1. The Labute approximate surface area is 112 Å². The Balaban J connectivity index is 2.16. The molecule has 2 aromatic rings. The molecule has 0 saturated carbocycles. The van der Waals surface area contributed by atoms with Crippen LogP contribution in [-0.4, -0.2) is 16.1 Å². The molecule has 0 unspecified atom stereocenters. The van der Waals surface area contributed by atoms with Gasteiger partial charge in [-0.3, -0.25) is 4.79 Å². The quantitative estimate of drug-likeness (QED) is 0.922. The fourth-order valence-corrected chi connectivity index (χ4v) is 1.42. The third-order valence-corrected chi connectivity index (χ3v) is 2.55. The molecule has 0 spiro atoms. The van der Waals surface area contributed by atoms with E-state index in [-0.39, 0.29) is 21.6 Å². The Morgan fingerprint density at radius 1 is 1.17 bits per heavy atom. The van der Waals surface area contributed by atoms with Crippen LogP contribution in [0.15, 0.2) is 30.3 Å². The summed E-state index contributed by atoms with van der Waals surface area (Å²) in [5.74, 6) is -1.13. The van der Waals surface area contributed by atoms with Crippen molar-refractivity contribution >= 4 is 34.8 Å². The minimum atomic E-state index is -0.614. The summed E-state index contributed by atoms with van der Waals surface area (Å²) in [6, 6.07) is 6.79. The Bertz CT molecular complexity index is 589. The summed E-state index contributed by atoms with van der Waals surface area (Å²) in [6.45, 7) is 0. The molecule has 0 aliphatic carbocycles. The van der Waals surface area contributed by atoms with E-state index < -0.39 is 11.7 Å². The normalized spacial score (nSPS) is 10.2. The number of amides is 1. The predicted octanol–water partition coefficient (Wildman–Crippen LogP) is 3.17. The van der Waals surface area contributed by atoms with Crippen molar-refractivity contribution in [1.29, 1.82) is 0 Å². The van der Waals surface area contributed by atoms with Crippen LogP contribution in [0.4, 0.5) is 10.1 Å². The molecule has 0 saturated heterocycles. The fourth-order valence-electron chi connectivity index (χ4n) is 1.21. The monoisotopic (exact) mass is 285 g/mol. The molecule has 0 radical (unpaired) electrons. The number of halogens is 3. The molecule has 7 heteroatoms. The maximum Gasteiger partial charge on any atom is 0.276 e. The van der Waals surface area contributed by atoms with Gasteiger partial charge in [-0.25, -0.2) is 4.39 Å². The summed E-state index contributed by atoms with van der Waals surface area (Å²) in [6.07, 6.45) is 0. The zero-order valence-electron chi connectivity index (χ0n) is 8.82. The summed E-state index contributed by atoms with van der Waals surface area (Å²) in [5, 5.41) is 9.77. The van der Waals surface area contributed by atoms with Crippen molar-refractivity contribution in [3.63, 3.8) is 0 Å². The molecule has 0 atom stereocenters. The van der Waals surface area contributed by atoms with Crippen molar-refractivity contribution in [3.05, 3.63) is 52.0 Å². The van der Waals surface area contributed by atoms with Gasteiger partial charge in [-0.1, -0.05) is 23.2 Å². The largest absolute Gasteiger partial charge is 0.320 e. The second-order valence-electron chi connectivity index (χ2n) is 3.32. The van der Waals surface area contributed by atoms with Crippen LogP contribution < -0.4 is 5.32 Å². The van der Waals surface area contributed by atoms with Crippen molar-refractivity contribution in [2.45, 2.75) is 0 Å². The number of nitrogens with zero attached hydrogens (tertiary/aromatic N) is 2. The molecule has 0 bridgehead atoms. The van der Waals surface area contributed by atoms with Gasteiger partial charge in [0.05, 0.1) is 5.02 Å². The van der Waals surface area contributed by atoms with Gasteiger partial charge in [0, 0.05) is 5.69 Å². The minimum absolute atomic E-state index is 0.0146. The Hall–Kier alpha value is -1.72. The summed E-state index contributed by atoms with van der Waals surface area (Å²) in [4.78, 5) is 11.7. The smallest absolute Gasteiger partial charge is 0.276 e. The maximum absolute atomic E-state index is 13.2. The average Bonchev–Trinajstić information content (AvgIpc) is 2.34. The zero-order valence-corrected chi connectivity index (χ0v) is 10.3. The molecule has 0 fully saturated rings. The SMILES string of the molecule is O=C(Nc1ccc(Cl)c(F)c1)c1ccc(Cl)nn1. The predicted molar refractivity (Wildman–Crippen MR) is 66.4 cm³/mol. The van der Waals surface area contributed by atoms with Crippen LogP contribution in [0.2, 0.25) is 10.2 Å². The van der Waals surface area contributed by atoms with E-state index in [4.69, 9.17) is 23.2 Å². The highest BCUT2D eigenvalue weighted by atomic mass is 35.5. The highest BCUT2D eigenvalue weighted by molar-refractivity contribution is 6.30. The summed E-state index contributed by atoms with van der Waals surface area (Å²) in [5.41, 5.74) is 0.355. The Kier molecular flexibility index (Phi) is 3.74. The molecule has 4 nitrogen and oxygen atoms in total. The average molecular weight is 286 g/mol. The number of hydrogen-bond donors (Lipinski definition) is 1. The number of nitrogens with one attached hydrogen (secondary N) is 1. The van der Waals surface area contributed by atoms with E-state index in [1.165, 1.54) is 24.3 Å². The molecule has 92 valence electrons. The lowest BCUT2D eigenvalue weighted by Crippen LogP contribution is -2.14. The first kappa shape index (κ1) is 12.7. The fraction of sp³-hybridized carbons (Fsp3) is 0. The summed E-state index contributed by atoms with van der Waals surface area (Å²) < 4.78 is 13.2. The lowest BCUT2D eigenvalue weighted by atomic mass is 10.3. The molecule has 2 rings (SSSR count). The molecule has 1 aromatic carbocycles. The lowest BCUT2D eigenvalue weighted by Gasteiger charge is -2.04. The second-order valence-corrected chi connectivity index (χ2v) is 4.12. The first-order chi connectivity index (χ1) is 8.56. The van der Waals surface area contributed by atoms with Gasteiger partial charge in [0.25, 0.3) is 5.91 Å². The van der Waals surface area contributed by atoms with Gasteiger partial charge in [0.2, 0.25) is 0 Å². The van der Waals surface area contributed by atoms with E-state index in [2.05, 4.69) is 15.5 Å². The molecule has 1 heterocycles. The first-order valence-electron chi connectivity index (χ1n) is 4.82. The van der Waals surface area contributed by atoms with Gasteiger partial charge in [0.1, 0.15) is 5.82 Å². The molecular formula is C11H6Cl2FN3O. The number of hydrogen-bond acceptors (Lipinski definition) is 3. The van der Waals surface area contributed by atoms with Gasteiger partial charge in [-0.2, -0.15) is 0 Å². The number of benzene rings is 1. The topological polar surface area (TPSA) is 54.9 Å². The number of carbonyl (C=O) groups excluding carboxylic acids is 1. The molecule has 18 heavy (non-hydrogen) atoms. The summed E-state index contributed by atoms with van der Waals surface area (Å²) in [7, 11) is 0. The van der Waals surface area contributed by atoms with Gasteiger partial charge in [-0.05, 0) is 30.3 Å². The molecule has 0 aliphatic heterocycles. The first-order valence-corrected chi connectivity index (χ1v) is 5.57. The van der Waals surface area contributed by atoms with E-state index in [0.717, 1.165) is 6.07 Å². The van der Waals surface area contributed by atoms with Crippen molar-refractivity contribution in [2.75, 3.05) is 5.32 Å². The van der Waals surface area contributed by atoms with Crippen molar-refractivity contribution in [2.24, 2.45) is 0 Å². The van der Waals surface area contributed by atoms with Crippen LogP contribution in [0.1, 0.15) is 10.5 Å². The van der Waals surface area contributed by atoms with Gasteiger partial charge >= 0.3 is 0 Å². The molecule has 1 aromatic heterocycles. The lowest BCUT2D eigenvalue weighted by molar-refractivity contribution is 0.102. The van der Waals surface area contributed by atoms with Crippen LogP contribution in [0.25, 0.3) is 0 Å². The highest BCUT2D eigenvalue weighted by Crippen LogP contribution is 2.19. The zero-order chi connectivity index (χ0) is 13.1. The van der Waals surface area contributed by atoms with E-state index in [0.29, 0.717) is 0 Å². The Morgan fingerprint density at radius 3 is 2.56 bits per heavy atom. The van der Waals surface area contributed by atoms with E-state index >= 15 is 0 Å². The molecule has 1 amide bonds. The van der Waals surface area contributed by atoms with Crippen molar-refractivity contribution in [3.8, 4) is 0 Å². The van der Waals surface area contributed by atoms with Crippen molar-refractivity contribution < 1.29 is 9.18 Å². The van der Waals surface area contributed by atoms with Crippen LogP contribution in [-0.2, 0) is 0 Å². The Morgan fingerprint density at radius 2 is 1.94 bits per heavy atom. The van der Waals surface area contributed by atoms with E-state index in [9.17, 15) is 9.18 Å². The highest BCUT2D eigenvalue weighted by Gasteiger charge is 2.09. The van der Waals surface area contributed by atoms with Crippen LogP contribution in [0.5, 0.6) is 0 Å². The molecule has 0 aliphatic rings. The molecular weight excluding hydrogens is 280 g/mol. The van der Waals surface area contributed by atoms with Crippen LogP contribution >= 0.6 is 23.2 Å². The third-order valence-electron chi connectivity index (χ3n) is 2.04. The van der Waals surface area contributed by atoms with E-state index in [1.807, 2.05) is 0 Å². The number of rotatable bonds is 2. The summed E-state index contributed by atoms with van der Waals surface area (Å²) >= 11 is 11.1. The second kappa shape index (κ2) is 5.29. The standard InChI is InChI=1S/C11H6Cl2FN3O/c12-7-2-1-6(5-8(7)14)15-11(18)9-3-4-10(13)17-16-9/h1-5H,(H,15,18). The number of anilines is 1. The van der Waals surface area contributed by atoms with Gasteiger partial charge < -0.3 is 5.32 Å². The van der Waals surface area contributed by atoms with Gasteiger partial charge in [-0.15, -0.1) is 10.2 Å². The number of aromatic nitrogens is 2. The maximum atomic E-state index is 13.2. The minimum Gasteiger partial charge on any atom is -0.320 e. The third kappa shape index (κ3) is 2.94. The van der Waals surface area contributed by atoms with Crippen LogP contribution in [0.3, 0.4) is 0 Å². The van der Waals surface area contributed by atoms with Crippen LogP contribution in [0, 0.1) is 5.82 Å². The van der Waals surface area contributed by atoms with Gasteiger partial charge in [0.15, 0.2) is 10.8 Å². The van der Waals surface area contributed by atoms with E-state index in [1.54, 1.807) is 0 Å². The molecule has 1 N–H and O–H groups in total.